The van der Waals surface area contributed by atoms with E-state index in [0.717, 1.165) is 42.3 Å². The van der Waals surface area contributed by atoms with E-state index in [4.69, 9.17) is 16.3 Å². The molecule has 25 heavy (non-hydrogen) atoms. The number of anilines is 2. The number of nitrogens with one attached hydrogen (secondary N) is 1. The van der Waals surface area contributed by atoms with Gasteiger partial charge in [-0.2, -0.15) is 0 Å². The van der Waals surface area contributed by atoms with Crippen molar-refractivity contribution in [2.75, 3.05) is 29.9 Å². The molecule has 1 amide bonds. The maximum absolute atomic E-state index is 12.1. The van der Waals surface area contributed by atoms with Gasteiger partial charge in [-0.3, -0.25) is 5.32 Å². The van der Waals surface area contributed by atoms with Gasteiger partial charge in [-0.25, -0.2) is 4.79 Å². The minimum absolute atomic E-state index is 0.389. The van der Waals surface area contributed by atoms with Crippen LogP contribution in [0.2, 0.25) is 5.02 Å². The van der Waals surface area contributed by atoms with Gasteiger partial charge in [0.2, 0.25) is 0 Å². The lowest BCUT2D eigenvalue weighted by Gasteiger charge is -2.21. The Morgan fingerprint density at radius 2 is 1.80 bits per heavy atom. The minimum atomic E-state index is -0.400. The van der Waals surface area contributed by atoms with E-state index in [-0.39, 0.29) is 0 Å². The van der Waals surface area contributed by atoms with Crippen LogP contribution in [0.15, 0.2) is 48.5 Å². The van der Waals surface area contributed by atoms with E-state index in [1.54, 1.807) is 0 Å². The summed E-state index contributed by atoms with van der Waals surface area (Å²) in [7, 11) is 0. The van der Waals surface area contributed by atoms with Crippen molar-refractivity contribution in [2.45, 2.75) is 25.7 Å². The Morgan fingerprint density at radius 1 is 1.08 bits per heavy atom. The minimum Gasteiger partial charge on any atom is -0.449 e. The van der Waals surface area contributed by atoms with Crippen LogP contribution in [0, 0.1) is 0 Å². The predicted octanol–water partition coefficient (Wildman–Crippen LogP) is 5.12. The van der Waals surface area contributed by atoms with Gasteiger partial charge in [-0.1, -0.05) is 35.9 Å². The summed E-state index contributed by atoms with van der Waals surface area (Å²) in [6, 6.07) is 15.6. The van der Waals surface area contributed by atoms with Gasteiger partial charge in [0, 0.05) is 18.1 Å². The Bertz CT molecular complexity index is 697. The van der Waals surface area contributed by atoms with Crippen molar-refractivity contribution in [1.29, 1.82) is 0 Å². The van der Waals surface area contributed by atoms with Gasteiger partial charge in [0.05, 0.1) is 18.0 Å². The summed E-state index contributed by atoms with van der Waals surface area (Å²) in [5.41, 5.74) is 3.07. The lowest BCUT2D eigenvalue weighted by Crippen LogP contribution is -2.21. The normalized spacial score (nSPS) is 13.7. The SMILES string of the molecule is O=C(Nc1ccccc1N1CCCC1)OCCCc1ccc(Cl)cc1. The van der Waals surface area contributed by atoms with E-state index in [2.05, 4.69) is 10.2 Å². The van der Waals surface area contributed by atoms with E-state index >= 15 is 0 Å². The molecule has 1 fully saturated rings. The van der Waals surface area contributed by atoms with Crippen LogP contribution in [-0.2, 0) is 11.2 Å². The van der Waals surface area contributed by atoms with E-state index in [1.165, 1.54) is 18.4 Å². The molecule has 1 N–H and O–H groups in total. The topological polar surface area (TPSA) is 41.6 Å². The third-order valence-electron chi connectivity index (χ3n) is 4.34. The number of amides is 1. The first-order chi connectivity index (χ1) is 12.2. The highest BCUT2D eigenvalue weighted by Gasteiger charge is 2.16. The molecule has 4 nitrogen and oxygen atoms in total. The van der Waals surface area contributed by atoms with Crippen molar-refractivity contribution >= 4 is 29.1 Å². The largest absolute Gasteiger partial charge is 0.449 e. The zero-order valence-electron chi connectivity index (χ0n) is 14.2. The molecule has 1 aliphatic rings. The fourth-order valence-corrected chi connectivity index (χ4v) is 3.18. The van der Waals surface area contributed by atoms with Crippen molar-refractivity contribution in [3.05, 3.63) is 59.1 Å². The number of carbonyl (C=O) groups excluding carboxylic acids is 1. The number of hydrogen-bond acceptors (Lipinski definition) is 3. The number of rotatable bonds is 6. The van der Waals surface area contributed by atoms with Crippen molar-refractivity contribution < 1.29 is 9.53 Å². The lowest BCUT2D eigenvalue weighted by molar-refractivity contribution is 0.160. The van der Waals surface area contributed by atoms with Crippen LogP contribution >= 0.6 is 11.6 Å². The first kappa shape index (κ1) is 17.6. The summed E-state index contributed by atoms with van der Waals surface area (Å²) in [6.07, 6.45) is 3.63. The Hall–Kier alpha value is -2.20. The van der Waals surface area contributed by atoms with Gasteiger partial charge >= 0.3 is 6.09 Å². The molecule has 0 radical (unpaired) electrons. The van der Waals surface area contributed by atoms with Crippen LogP contribution in [0.25, 0.3) is 0 Å². The highest BCUT2D eigenvalue weighted by molar-refractivity contribution is 6.30. The predicted molar refractivity (Wildman–Crippen MR) is 103 cm³/mol. The molecule has 1 heterocycles. The highest BCUT2D eigenvalue weighted by atomic mass is 35.5. The fraction of sp³-hybridized carbons (Fsp3) is 0.350. The average molecular weight is 359 g/mol. The van der Waals surface area contributed by atoms with Gasteiger partial charge < -0.3 is 9.64 Å². The van der Waals surface area contributed by atoms with Crippen molar-refractivity contribution in [3.8, 4) is 0 Å². The molecule has 2 aromatic carbocycles. The number of para-hydroxylation sites is 2. The third-order valence-corrected chi connectivity index (χ3v) is 4.60. The molecule has 0 bridgehead atoms. The summed E-state index contributed by atoms with van der Waals surface area (Å²) in [5, 5.41) is 3.61. The standard InChI is InChI=1S/C20H23ClN2O2/c21-17-11-9-16(10-12-17)6-5-15-25-20(24)22-18-7-1-2-8-19(18)23-13-3-4-14-23/h1-2,7-12H,3-6,13-15H2,(H,22,24). The number of nitrogens with zero attached hydrogens (tertiary/aromatic N) is 1. The zero-order chi connectivity index (χ0) is 17.5. The van der Waals surface area contributed by atoms with Crippen molar-refractivity contribution in [1.82, 2.24) is 0 Å². The van der Waals surface area contributed by atoms with Crippen molar-refractivity contribution in [3.63, 3.8) is 0 Å². The van der Waals surface area contributed by atoms with Crippen LogP contribution < -0.4 is 10.2 Å². The highest BCUT2D eigenvalue weighted by Crippen LogP contribution is 2.28. The molecule has 0 saturated carbocycles. The van der Waals surface area contributed by atoms with Crippen LogP contribution in [-0.4, -0.2) is 25.8 Å². The monoisotopic (exact) mass is 358 g/mol. The molecule has 132 valence electrons. The number of hydrogen-bond donors (Lipinski definition) is 1. The second-order valence-corrected chi connectivity index (χ2v) is 6.64. The number of halogens is 1. The molecular formula is C20H23ClN2O2. The van der Waals surface area contributed by atoms with E-state index < -0.39 is 6.09 Å². The molecule has 0 aliphatic carbocycles. The quantitative estimate of drug-likeness (QED) is 0.728. The lowest BCUT2D eigenvalue weighted by atomic mass is 10.1. The number of benzene rings is 2. The first-order valence-electron chi connectivity index (χ1n) is 8.74. The molecule has 0 atom stereocenters. The Morgan fingerprint density at radius 3 is 2.56 bits per heavy atom. The molecule has 1 aliphatic heterocycles. The maximum Gasteiger partial charge on any atom is 0.411 e. The van der Waals surface area contributed by atoms with Gasteiger partial charge in [-0.15, -0.1) is 0 Å². The van der Waals surface area contributed by atoms with Gasteiger partial charge in [0.25, 0.3) is 0 Å². The Balaban J connectivity index is 1.45. The van der Waals surface area contributed by atoms with Gasteiger partial charge in [0.1, 0.15) is 0 Å². The second-order valence-electron chi connectivity index (χ2n) is 6.20. The Kier molecular flexibility index (Phi) is 6.18. The van der Waals surface area contributed by atoms with Crippen LogP contribution in [0.5, 0.6) is 0 Å². The molecule has 1 saturated heterocycles. The Labute approximate surface area is 153 Å². The number of ether oxygens (including phenoxy) is 1. The molecular weight excluding hydrogens is 336 g/mol. The van der Waals surface area contributed by atoms with E-state index in [9.17, 15) is 4.79 Å². The van der Waals surface area contributed by atoms with Crippen molar-refractivity contribution in [2.24, 2.45) is 0 Å². The van der Waals surface area contributed by atoms with Crippen LogP contribution in [0.4, 0.5) is 16.2 Å². The zero-order valence-corrected chi connectivity index (χ0v) is 15.0. The molecule has 2 aromatic rings. The number of carbonyl (C=O) groups is 1. The van der Waals surface area contributed by atoms with Gasteiger partial charge in [-0.05, 0) is 55.5 Å². The van der Waals surface area contributed by atoms with Crippen LogP contribution in [0.1, 0.15) is 24.8 Å². The van der Waals surface area contributed by atoms with E-state index in [0.29, 0.717) is 6.61 Å². The summed E-state index contributed by atoms with van der Waals surface area (Å²) in [6.45, 7) is 2.46. The van der Waals surface area contributed by atoms with E-state index in [1.807, 2.05) is 48.5 Å². The summed E-state index contributed by atoms with van der Waals surface area (Å²) in [5.74, 6) is 0. The second kappa shape index (κ2) is 8.77. The molecule has 3 rings (SSSR count). The fourth-order valence-electron chi connectivity index (χ4n) is 3.05. The third kappa shape index (κ3) is 5.13. The molecule has 0 aromatic heterocycles. The smallest absolute Gasteiger partial charge is 0.411 e. The summed E-state index contributed by atoms with van der Waals surface area (Å²) in [4.78, 5) is 14.4. The molecule has 5 heteroatoms. The van der Waals surface area contributed by atoms with Crippen LogP contribution in [0.3, 0.4) is 0 Å². The average Bonchev–Trinajstić information content (AvgIpc) is 3.15. The molecule has 0 unspecified atom stereocenters. The maximum atomic E-state index is 12.1. The number of aryl methyl sites for hydroxylation is 1. The summed E-state index contributed by atoms with van der Waals surface area (Å²) < 4.78 is 5.31. The first-order valence-corrected chi connectivity index (χ1v) is 9.12. The molecule has 0 spiro atoms. The summed E-state index contributed by atoms with van der Waals surface area (Å²) >= 11 is 5.87. The van der Waals surface area contributed by atoms with Gasteiger partial charge in [0.15, 0.2) is 0 Å².